The number of amides is 4. The summed E-state index contributed by atoms with van der Waals surface area (Å²) in [6.45, 7) is 2.15. The minimum atomic E-state index is -0.954. The number of benzene rings is 1. The standard InChI is InChI=1S/C22H25ClN4O3S/c1-25(13-17-8-9-18(23)31-17)19(28)14-27-20(29)22(24-21(27)30)10-5-11-26(15-22)12-16-6-3-2-4-7-16/h2-4,6-9H,5,10-15H2,1H3,(H,24,30). The van der Waals surface area contributed by atoms with E-state index in [9.17, 15) is 14.4 Å². The Morgan fingerprint density at radius 2 is 2.00 bits per heavy atom. The first-order valence-electron chi connectivity index (χ1n) is 10.2. The van der Waals surface area contributed by atoms with Gasteiger partial charge in [0.15, 0.2) is 0 Å². The van der Waals surface area contributed by atoms with Crippen LogP contribution in [0.5, 0.6) is 0 Å². The zero-order valence-electron chi connectivity index (χ0n) is 17.3. The van der Waals surface area contributed by atoms with Gasteiger partial charge in [0, 0.05) is 25.0 Å². The molecule has 2 fully saturated rings. The zero-order chi connectivity index (χ0) is 22.0. The molecule has 0 aliphatic carbocycles. The molecule has 164 valence electrons. The van der Waals surface area contributed by atoms with Crippen molar-refractivity contribution in [2.75, 3.05) is 26.7 Å². The number of thiophene rings is 1. The van der Waals surface area contributed by atoms with E-state index in [2.05, 4.69) is 22.3 Å². The second kappa shape index (κ2) is 8.98. The molecule has 0 radical (unpaired) electrons. The summed E-state index contributed by atoms with van der Waals surface area (Å²) >= 11 is 7.35. The predicted molar refractivity (Wildman–Crippen MR) is 120 cm³/mol. The summed E-state index contributed by atoms with van der Waals surface area (Å²) in [5.74, 6) is -0.599. The van der Waals surface area contributed by atoms with Crippen LogP contribution in [0, 0.1) is 0 Å². The highest BCUT2D eigenvalue weighted by Crippen LogP contribution is 2.29. The van der Waals surface area contributed by atoms with E-state index >= 15 is 0 Å². The third-order valence-corrected chi connectivity index (χ3v) is 7.02. The average Bonchev–Trinajstić information content (AvgIpc) is 3.24. The zero-order valence-corrected chi connectivity index (χ0v) is 18.9. The molecule has 1 atom stereocenters. The van der Waals surface area contributed by atoms with E-state index in [1.54, 1.807) is 13.1 Å². The summed E-state index contributed by atoms with van der Waals surface area (Å²) in [7, 11) is 1.66. The van der Waals surface area contributed by atoms with Crippen molar-refractivity contribution in [2.45, 2.75) is 31.5 Å². The van der Waals surface area contributed by atoms with Gasteiger partial charge >= 0.3 is 6.03 Å². The molecule has 2 saturated heterocycles. The first-order valence-corrected chi connectivity index (χ1v) is 11.4. The number of likely N-dealkylation sites (N-methyl/N-ethyl adjacent to an activating group) is 1. The minimum absolute atomic E-state index is 0.263. The fourth-order valence-electron chi connectivity index (χ4n) is 4.23. The Morgan fingerprint density at radius 1 is 1.23 bits per heavy atom. The van der Waals surface area contributed by atoms with Crippen LogP contribution in [0.3, 0.4) is 0 Å². The molecule has 2 aliphatic heterocycles. The molecule has 31 heavy (non-hydrogen) atoms. The van der Waals surface area contributed by atoms with Crippen molar-refractivity contribution in [3.8, 4) is 0 Å². The van der Waals surface area contributed by atoms with Crippen LogP contribution in [0.2, 0.25) is 4.34 Å². The van der Waals surface area contributed by atoms with Gasteiger partial charge in [0.1, 0.15) is 12.1 Å². The van der Waals surface area contributed by atoms with Crippen molar-refractivity contribution in [3.63, 3.8) is 0 Å². The van der Waals surface area contributed by atoms with Crippen LogP contribution >= 0.6 is 22.9 Å². The molecule has 2 aliphatic rings. The maximum absolute atomic E-state index is 13.2. The Hall–Kier alpha value is -2.42. The van der Waals surface area contributed by atoms with Crippen LogP contribution in [0.1, 0.15) is 23.3 Å². The first kappa shape index (κ1) is 21.8. The molecule has 3 heterocycles. The predicted octanol–water partition coefficient (Wildman–Crippen LogP) is 2.95. The Balaban J connectivity index is 1.40. The van der Waals surface area contributed by atoms with E-state index in [0.717, 1.165) is 29.3 Å². The van der Waals surface area contributed by atoms with E-state index < -0.39 is 11.6 Å². The lowest BCUT2D eigenvalue weighted by atomic mass is 9.88. The number of nitrogens with zero attached hydrogens (tertiary/aromatic N) is 3. The largest absolute Gasteiger partial charge is 0.339 e. The summed E-state index contributed by atoms with van der Waals surface area (Å²) < 4.78 is 0.657. The highest BCUT2D eigenvalue weighted by atomic mass is 35.5. The van der Waals surface area contributed by atoms with Crippen molar-refractivity contribution in [3.05, 3.63) is 57.2 Å². The van der Waals surface area contributed by atoms with Crippen LogP contribution in [0.4, 0.5) is 4.79 Å². The van der Waals surface area contributed by atoms with Gasteiger partial charge in [-0.25, -0.2) is 4.79 Å². The molecular formula is C22H25ClN4O3S. The molecule has 9 heteroatoms. The third-order valence-electron chi connectivity index (χ3n) is 5.81. The average molecular weight is 461 g/mol. The van der Waals surface area contributed by atoms with Gasteiger partial charge in [-0.15, -0.1) is 11.3 Å². The molecule has 0 saturated carbocycles. The highest BCUT2D eigenvalue weighted by molar-refractivity contribution is 7.16. The molecule has 0 bridgehead atoms. The number of nitrogens with one attached hydrogen (secondary N) is 1. The number of piperidine rings is 1. The fourth-order valence-corrected chi connectivity index (χ4v) is 5.37. The summed E-state index contributed by atoms with van der Waals surface area (Å²) in [5.41, 5.74) is 0.211. The van der Waals surface area contributed by atoms with E-state index in [4.69, 9.17) is 11.6 Å². The van der Waals surface area contributed by atoms with Crippen molar-refractivity contribution in [2.24, 2.45) is 0 Å². The first-order chi connectivity index (χ1) is 14.9. The number of hydrogen-bond acceptors (Lipinski definition) is 5. The Morgan fingerprint density at radius 3 is 2.71 bits per heavy atom. The van der Waals surface area contributed by atoms with Gasteiger partial charge in [-0.05, 0) is 37.1 Å². The topological polar surface area (TPSA) is 73.0 Å². The van der Waals surface area contributed by atoms with E-state index in [0.29, 0.717) is 23.8 Å². The second-order valence-corrected chi connectivity index (χ2v) is 9.96. The third kappa shape index (κ3) is 4.76. The van der Waals surface area contributed by atoms with Crippen molar-refractivity contribution in [1.82, 2.24) is 20.0 Å². The Bertz CT molecular complexity index is 982. The van der Waals surface area contributed by atoms with Crippen LogP contribution < -0.4 is 5.32 Å². The number of rotatable bonds is 6. The number of urea groups is 1. The lowest BCUT2D eigenvalue weighted by Gasteiger charge is -2.38. The summed E-state index contributed by atoms with van der Waals surface area (Å²) in [4.78, 5) is 44.3. The van der Waals surface area contributed by atoms with Gasteiger partial charge in [-0.3, -0.25) is 19.4 Å². The molecule has 4 rings (SSSR count). The molecule has 1 unspecified atom stereocenters. The number of hydrogen-bond donors (Lipinski definition) is 1. The fraction of sp³-hybridized carbons (Fsp3) is 0.409. The number of likely N-dealkylation sites (tertiary alicyclic amines) is 1. The summed E-state index contributed by atoms with van der Waals surface area (Å²) in [6.07, 6.45) is 1.39. The van der Waals surface area contributed by atoms with Crippen molar-refractivity contribution in [1.29, 1.82) is 0 Å². The van der Waals surface area contributed by atoms with Crippen LogP contribution in [-0.2, 0) is 22.7 Å². The maximum Gasteiger partial charge on any atom is 0.325 e. The molecule has 4 amide bonds. The van der Waals surface area contributed by atoms with Crippen LogP contribution in [0.25, 0.3) is 0 Å². The van der Waals surface area contributed by atoms with Gasteiger partial charge in [-0.2, -0.15) is 0 Å². The molecule has 1 N–H and O–H groups in total. The van der Waals surface area contributed by atoms with E-state index in [-0.39, 0.29) is 18.4 Å². The lowest BCUT2D eigenvalue weighted by molar-refractivity contribution is -0.139. The number of carbonyl (C=O) groups excluding carboxylic acids is 3. The smallest absolute Gasteiger partial charge is 0.325 e. The molecular weight excluding hydrogens is 436 g/mol. The molecule has 1 aromatic heterocycles. The van der Waals surface area contributed by atoms with Crippen molar-refractivity contribution < 1.29 is 14.4 Å². The van der Waals surface area contributed by atoms with Crippen LogP contribution in [0.15, 0.2) is 42.5 Å². The van der Waals surface area contributed by atoms with E-state index in [1.165, 1.54) is 21.8 Å². The molecule has 1 spiro atoms. The number of carbonyl (C=O) groups is 3. The van der Waals surface area contributed by atoms with Gasteiger partial charge in [0.2, 0.25) is 5.91 Å². The molecule has 2 aromatic rings. The molecule has 1 aromatic carbocycles. The van der Waals surface area contributed by atoms with E-state index in [1.807, 2.05) is 24.3 Å². The quantitative estimate of drug-likeness (QED) is 0.673. The lowest BCUT2D eigenvalue weighted by Crippen LogP contribution is -2.58. The normalized spacial score (nSPS) is 21.5. The van der Waals surface area contributed by atoms with Crippen LogP contribution in [-0.4, -0.2) is 64.8 Å². The van der Waals surface area contributed by atoms with Gasteiger partial charge in [0.05, 0.1) is 10.9 Å². The Labute approximate surface area is 190 Å². The maximum atomic E-state index is 13.2. The SMILES string of the molecule is CN(Cc1ccc(Cl)s1)C(=O)CN1C(=O)NC2(CCCN(Cc3ccccc3)C2)C1=O. The Kier molecular flexibility index (Phi) is 6.31. The minimum Gasteiger partial charge on any atom is -0.339 e. The highest BCUT2D eigenvalue weighted by Gasteiger charge is 2.53. The number of halogens is 1. The van der Waals surface area contributed by atoms with Gasteiger partial charge in [0.25, 0.3) is 5.91 Å². The van der Waals surface area contributed by atoms with Gasteiger partial charge < -0.3 is 10.2 Å². The second-order valence-electron chi connectivity index (χ2n) is 8.16. The van der Waals surface area contributed by atoms with Gasteiger partial charge in [-0.1, -0.05) is 41.9 Å². The van der Waals surface area contributed by atoms with Crippen molar-refractivity contribution >= 4 is 40.8 Å². The summed E-state index contributed by atoms with van der Waals surface area (Å²) in [6, 6.07) is 13.2. The monoisotopic (exact) mass is 460 g/mol. The number of imide groups is 1. The summed E-state index contributed by atoms with van der Waals surface area (Å²) in [5, 5.41) is 2.89. The molecule has 7 nitrogen and oxygen atoms in total.